The molecule has 0 bridgehead atoms. The average molecular weight is 212 g/mol. The summed E-state index contributed by atoms with van der Waals surface area (Å²) in [5.74, 6) is -0.0383. The molecule has 4 nitrogen and oxygen atoms in total. The maximum atomic E-state index is 10.0. The number of hydrogen-bond acceptors (Lipinski definition) is 4. The number of hydrogen-bond donors (Lipinski definition) is 3. The number of aryl methyl sites for hydroxylation is 1. The SMILES string of the molecule is COCC(O)(CO)c1ccc(C)cc1O. The molecule has 0 heterocycles. The lowest BCUT2D eigenvalue weighted by molar-refractivity contribution is -0.0729. The van der Waals surface area contributed by atoms with Crippen LogP contribution in [-0.2, 0) is 10.3 Å². The molecule has 84 valence electrons. The van der Waals surface area contributed by atoms with E-state index in [1.54, 1.807) is 12.1 Å². The predicted octanol–water partition coefficient (Wildman–Crippen LogP) is 0.527. The molecule has 0 spiro atoms. The molecule has 0 amide bonds. The Morgan fingerprint density at radius 2 is 2.07 bits per heavy atom. The minimum absolute atomic E-state index is 0.0383. The monoisotopic (exact) mass is 212 g/mol. The van der Waals surface area contributed by atoms with E-state index in [9.17, 15) is 10.2 Å². The summed E-state index contributed by atoms with van der Waals surface area (Å²) in [6, 6.07) is 4.87. The van der Waals surface area contributed by atoms with Gasteiger partial charge in [0.2, 0.25) is 0 Å². The summed E-state index contributed by atoms with van der Waals surface area (Å²) in [6.45, 7) is 1.26. The van der Waals surface area contributed by atoms with Crippen molar-refractivity contribution in [1.29, 1.82) is 0 Å². The molecular formula is C11H16O4. The molecular weight excluding hydrogens is 196 g/mol. The van der Waals surface area contributed by atoms with Gasteiger partial charge in [-0.3, -0.25) is 0 Å². The summed E-state index contributed by atoms with van der Waals surface area (Å²) >= 11 is 0. The van der Waals surface area contributed by atoms with Crippen molar-refractivity contribution in [3.63, 3.8) is 0 Å². The fraction of sp³-hybridized carbons (Fsp3) is 0.455. The topological polar surface area (TPSA) is 69.9 Å². The highest BCUT2D eigenvalue weighted by molar-refractivity contribution is 5.40. The van der Waals surface area contributed by atoms with Gasteiger partial charge in [0, 0.05) is 12.7 Å². The van der Waals surface area contributed by atoms with Crippen molar-refractivity contribution in [2.24, 2.45) is 0 Å². The Hall–Kier alpha value is -1.10. The van der Waals surface area contributed by atoms with Gasteiger partial charge < -0.3 is 20.1 Å². The molecule has 0 fully saturated rings. The minimum atomic E-state index is -1.55. The molecule has 3 N–H and O–H groups in total. The standard InChI is InChI=1S/C11H16O4/c1-8-3-4-9(10(13)5-8)11(14,6-12)7-15-2/h3-5,12-14H,6-7H2,1-2H3. The number of methoxy groups -OCH3 is 1. The first kappa shape index (κ1) is 12.0. The third-order valence-electron chi connectivity index (χ3n) is 2.30. The van der Waals surface area contributed by atoms with Crippen LogP contribution in [0.3, 0.4) is 0 Å². The fourth-order valence-electron chi connectivity index (χ4n) is 1.48. The number of aliphatic hydroxyl groups excluding tert-OH is 1. The zero-order valence-electron chi connectivity index (χ0n) is 8.90. The number of ether oxygens (including phenoxy) is 1. The Morgan fingerprint density at radius 1 is 1.40 bits per heavy atom. The van der Waals surface area contributed by atoms with E-state index in [0.29, 0.717) is 0 Å². The minimum Gasteiger partial charge on any atom is -0.508 e. The lowest BCUT2D eigenvalue weighted by atomic mass is 9.94. The quantitative estimate of drug-likeness (QED) is 0.680. The zero-order chi connectivity index (χ0) is 11.5. The highest BCUT2D eigenvalue weighted by Crippen LogP contribution is 2.30. The number of aromatic hydroxyl groups is 1. The normalized spacial score (nSPS) is 14.9. The van der Waals surface area contributed by atoms with Crippen molar-refractivity contribution >= 4 is 0 Å². The van der Waals surface area contributed by atoms with Gasteiger partial charge in [0.05, 0.1) is 13.2 Å². The summed E-state index contributed by atoms with van der Waals surface area (Å²) in [7, 11) is 1.42. The van der Waals surface area contributed by atoms with Crippen molar-refractivity contribution in [3.8, 4) is 5.75 Å². The molecule has 15 heavy (non-hydrogen) atoms. The van der Waals surface area contributed by atoms with Gasteiger partial charge in [0.15, 0.2) is 0 Å². The summed E-state index contributed by atoms with van der Waals surface area (Å²) in [5, 5.41) is 28.8. The van der Waals surface area contributed by atoms with Crippen molar-refractivity contribution in [2.75, 3.05) is 20.3 Å². The second kappa shape index (κ2) is 4.61. The Bertz CT molecular complexity index is 337. The van der Waals surface area contributed by atoms with Crippen LogP contribution in [0.25, 0.3) is 0 Å². The highest BCUT2D eigenvalue weighted by Gasteiger charge is 2.31. The van der Waals surface area contributed by atoms with E-state index in [1.165, 1.54) is 13.2 Å². The van der Waals surface area contributed by atoms with Crippen LogP contribution in [0.4, 0.5) is 0 Å². The molecule has 4 heteroatoms. The molecule has 1 unspecified atom stereocenters. The van der Waals surface area contributed by atoms with Crippen LogP contribution in [0.1, 0.15) is 11.1 Å². The van der Waals surface area contributed by atoms with Gasteiger partial charge in [-0.25, -0.2) is 0 Å². The smallest absolute Gasteiger partial charge is 0.139 e. The number of benzene rings is 1. The molecule has 1 aromatic carbocycles. The molecule has 1 aromatic rings. The first-order valence-corrected chi connectivity index (χ1v) is 4.66. The Balaban J connectivity index is 3.12. The van der Waals surface area contributed by atoms with E-state index in [4.69, 9.17) is 9.84 Å². The maximum absolute atomic E-state index is 10.0. The van der Waals surface area contributed by atoms with Gasteiger partial charge in [0.25, 0.3) is 0 Å². The molecule has 1 rings (SSSR count). The highest BCUT2D eigenvalue weighted by atomic mass is 16.5. The first-order chi connectivity index (χ1) is 7.03. The molecule has 1 atom stereocenters. The van der Waals surface area contributed by atoms with E-state index in [0.717, 1.165) is 5.56 Å². The fourth-order valence-corrected chi connectivity index (χ4v) is 1.48. The van der Waals surface area contributed by atoms with Crippen LogP contribution in [-0.4, -0.2) is 35.6 Å². The van der Waals surface area contributed by atoms with Crippen LogP contribution >= 0.6 is 0 Å². The molecule has 0 saturated heterocycles. The Labute approximate surface area is 88.8 Å². The van der Waals surface area contributed by atoms with Crippen LogP contribution < -0.4 is 0 Å². The van der Waals surface area contributed by atoms with Crippen LogP contribution in [0, 0.1) is 6.92 Å². The third kappa shape index (κ3) is 2.47. The lowest BCUT2D eigenvalue weighted by Crippen LogP contribution is -2.35. The molecule has 0 aliphatic heterocycles. The number of rotatable bonds is 4. The number of phenolic OH excluding ortho intramolecular Hbond substituents is 1. The Morgan fingerprint density at radius 3 is 2.53 bits per heavy atom. The summed E-state index contributed by atoms with van der Waals surface area (Å²) in [4.78, 5) is 0. The van der Waals surface area contributed by atoms with E-state index in [2.05, 4.69) is 0 Å². The summed E-state index contributed by atoms with van der Waals surface area (Å²) in [5.41, 5.74) is -0.390. The maximum Gasteiger partial charge on any atom is 0.139 e. The largest absolute Gasteiger partial charge is 0.508 e. The molecule has 0 aliphatic rings. The van der Waals surface area contributed by atoms with Crippen LogP contribution in [0.5, 0.6) is 5.75 Å². The molecule has 0 aliphatic carbocycles. The Kier molecular flexibility index (Phi) is 3.68. The van der Waals surface area contributed by atoms with Crippen LogP contribution in [0.2, 0.25) is 0 Å². The van der Waals surface area contributed by atoms with Crippen LogP contribution in [0.15, 0.2) is 18.2 Å². The van der Waals surface area contributed by atoms with Gasteiger partial charge in [-0.15, -0.1) is 0 Å². The summed E-state index contributed by atoms with van der Waals surface area (Å²) in [6.07, 6.45) is 0. The first-order valence-electron chi connectivity index (χ1n) is 4.66. The van der Waals surface area contributed by atoms with Gasteiger partial charge in [-0.2, -0.15) is 0 Å². The molecule has 0 radical (unpaired) electrons. The van der Waals surface area contributed by atoms with Gasteiger partial charge in [-0.1, -0.05) is 12.1 Å². The van der Waals surface area contributed by atoms with Crippen molar-refractivity contribution < 1.29 is 20.1 Å². The predicted molar refractivity (Wildman–Crippen MR) is 55.7 cm³/mol. The van der Waals surface area contributed by atoms with Gasteiger partial charge >= 0.3 is 0 Å². The molecule has 0 saturated carbocycles. The van der Waals surface area contributed by atoms with E-state index >= 15 is 0 Å². The van der Waals surface area contributed by atoms with Gasteiger partial charge in [0.1, 0.15) is 11.4 Å². The number of phenols is 1. The van der Waals surface area contributed by atoms with E-state index in [1.807, 2.05) is 6.92 Å². The van der Waals surface area contributed by atoms with Crippen molar-refractivity contribution in [3.05, 3.63) is 29.3 Å². The number of aliphatic hydroxyl groups is 2. The lowest BCUT2D eigenvalue weighted by Gasteiger charge is -2.26. The summed E-state index contributed by atoms with van der Waals surface area (Å²) < 4.78 is 4.82. The van der Waals surface area contributed by atoms with Crippen molar-refractivity contribution in [1.82, 2.24) is 0 Å². The zero-order valence-corrected chi connectivity index (χ0v) is 8.90. The average Bonchev–Trinajstić information content (AvgIpc) is 2.17. The second-order valence-corrected chi connectivity index (χ2v) is 3.64. The van der Waals surface area contributed by atoms with Crippen molar-refractivity contribution in [2.45, 2.75) is 12.5 Å². The van der Waals surface area contributed by atoms with Gasteiger partial charge in [-0.05, 0) is 18.6 Å². The van der Waals surface area contributed by atoms with E-state index in [-0.39, 0.29) is 17.9 Å². The second-order valence-electron chi connectivity index (χ2n) is 3.64. The molecule has 0 aromatic heterocycles. The third-order valence-corrected chi connectivity index (χ3v) is 2.30. The van der Waals surface area contributed by atoms with E-state index < -0.39 is 12.2 Å².